The van der Waals surface area contributed by atoms with Crippen molar-refractivity contribution in [2.24, 2.45) is 0 Å². The van der Waals surface area contributed by atoms with Crippen LogP contribution in [-0.4, -0.2) is 60.8 Å². The first kappa shape index (κ1) is 20.7. The van der Waals surface area contributed by atoms with Gasteiger partial charge >= 0.3 is 0 Å². The zero-order valence-electron chi connectivity index (χ0n) is 17.6. The lowest BCUT2D eigenvalue weighted by molar-refractivity contribution is -0.130. The van der Waals surface area contributed by atoms with Crippen LogP contribution in [0.1, 0.15) is 5.56 Å². The van der Waals surface area contributed by atoms with E-state index in [1.807, 2.05) is 23.1 Å². The molecule has 1 aliphatic rings. The number of hydrogen-bond acceptors (Lipinski definition) is 5. The SMILES string of the molecule is COc1ccc(CC(=O)N2CCN(c3nccn3-c3ccccc3F)CC2)cc1OC. The maximum absolute atomic E-state index is 14.2. The number of halogens is 1. The predicted molar refractivity (Wildman–Crippen MR) is 116 cm³/mol. The van der Waals surface area contributed by atoms with E-state index in [-0.39, 0.29) is 11.7 Å². The topological polar surface area (TPSA) is 59.8 Å². The number of methoxy groups -OCH3 is 2. The van der Waals surface area contributed by atoms with E-state index in [1.54, 1.807) is 49.4 Å². The second-order valence-corrected chi connectivity index (χ2v) is 7.28. The Labute approximate surface area is 180 Å². The molecule has 31 heavy (non-hydrogen) atoms. The molecule has 7 nitrogen and oxygen atoms in total. The fourth-order valence-electron chi connectivity index (χ4n) is 3.80. The average molecular weight is 424 g/mol. The number of rotatable bonds is 6. The van der Waals surface area contributed by atoms with E-state index < -0.39 is 0 Å². The Balaban J connectivity index is 1.40. The van der Waals surface area contributed by atoms with Gasteiger partial charge < -0.3 is 19.3 Å². The number of imidazole rings is 1. The van der Waals surface area contributed by atoms with Gasteiger partial charge in [-0.3, -0.25) is 9.36 Å². The van der Waals surface area contributed by atoms with Crippen molar-refractivity contribution in [1.82, 2.24) is 14.5 Å². The highest BCUT2D eigenvalue weighted by atomic mass is 19.1. The highest BCUT2D eigenvalue weighted by molar-refractivity contribution is 5.79. The van der Waals surface area contributed by atoms with E-state index in [9.17, 15) is 9.18 Å². The van der Waals surface area contributed by atoms with Crippen LogP contribution < -0.4 is 14.4 Å². The van der Waals surface area contributed by atoms with Gasteiger partial charge in [0.2, 0.25) is 11.9 Å². The molecule has 1 aliphatic heterocycles. The first-order chi connectivity index (χ1) is 15.1. The number of anilines is 1. The van der Waals surface area contributed by atoms with E-state index in [4.69, 9.17) is 9.47 Å². The minimum atomic E-state index is -0.300. The monoisotopic (exact) mass is 424 g/mol. The fraction of sp³-hybridized carbons (Fsp3) is 0.304. The molecule has 2 aromatic carbocycles. The molecule has 0 spiro atoms. The molecule has 1 aromatic heterocycles. The summed E-state index contributed by atoms with van der Waals surface area (Å²) in [6.07, 6.45) is 3.71. The molecule has 2 heterocycles. The maximum atomic E-state index is 14.2. The Morgan fingerprint density at radius 2 is 1.77 bits per heavy atom. The van der Waals surface area contributed by atoms with E-state index in [2.05, 4.69) is 9.88 Å². The molecule has 0 unspecified atom stereocenters. The van der Waals surface area contributed by atoms with Crippen molar-refractivity contribution in [2.45, 2.75) is 6.42 Å². The number of ether oxygens (including phenoxy) is 2. The number of carbonyl (C=O) groups is 1. The summed E-state index contributed by atoms with van der Waals surface area (Å²) in [6, 6.07) is 12.1. The number of aromatic nitrogens is 2. The zero-order valence-corrected chi connectivity index (χ0v) is 17.6. The summed E-state index contributed by atoms with van der Waals surface area (Å²) in [4.78, 5) is 21.2. The Bertz CT molecular complexity index is 1060. The molecule has 8 heteroatoms. The first-order valence-corrected chi connectivity index (χ1v) is 10.1. The van der Waals surface area contributed by atoms with Crippen LogP contribution in [0.3, 0.4) is 0 Å². The summed E-state index contributed by atoms with van der Waals surface area (Å²) in [5, 5.41) is 0. The summed E-state index contributed by atoms with van der Waals surface area (Å²) < 4.78 is 26.6. The molecule has 4 rings (SSSR count). The molecule has 0 aliphatic carbocycles. The Kier molecular flexibility index (Phi) is 6.06. The third kappa shape index (κ3) is 4.33. The van der Waals surface area contributed by atoms with Crippen molar-refractivity contribution < 1.29 is 18.7 Å². The van der Waals surface area contributed by atoms with E-state index in [0.717, 1.165) is 5.56 Å². The molecular weight excluding hydrogens is 399 g/mol. The largest absolute Gasteiger partial charge is 0.493 e. The molecule has 3 aromatic rings. The third-order valence-electron chi connectivity index (χ3n) is 5.45. The second-order valence-electron chi connectivity index (χ2n) is 7.28. The van der Waals surface area contributed by atoms with Crippen LogP contribution >= 0.6 is 0 Å². The van der Waals surface area contributed by atoms with Crippen LogP contribution in [0.4, 0.5) is 10.3 Å². The number of carbonyl (C=O) groups excluding carboxylic acids is 1. The van der Waals surface area contributed by atoms with Gasteiger partial charge in [-0.1, -0.05) is 18.2 Å². The van der Waals surface area contributed by atoms with Crippen LogP contribution in [-0.2, 0) is 11.2 Å². The third-order valence-corrected chi connectivity index (χ3v) is 5.45. The molecule has 0 N–H and O–H groups in total. The van der Waals surface area contributed by atoms with Crippen LogP contribution in [0, 0.1) is 5.82 Å². The standard InChI is InChI=1S/C23H25FN4O3/c1-30-20-8-7-17(15-21(20)31-2)16-22(29)26-11-13-27(14-12-26)23-25-9-10-28(23)19-6-4-3-5-18(19)24/h3-10,15H,11-14,16H2,1-2H3. The van der Waals surface area contributed by atoms with Crippen LogP contribution in [0.2, 0.25) is 0 Å². The summed E-state index contributed by atoms with van der Waals surface area (Å²) >= 11 is 0. The fourth-order valence-corrected chi connectivity index (χ4v) is 3.80. The van der Waals surface area contributed by atoms with Gasteiger partial charge in [0.05, 0.1) is 26.3 Å². The summed E-state index contributed by atoms with van der Waals surface area (Å²) in [5.74, 6) is 1.68. The highest BCUT2D eigenvalue weighted by Gasteiger charge is 2.24. The summed E-state index contributed by atoms with van der Waals surface area (Å²) in [7, 11) is 3.16. The quantitative estimate of drug-likeness (QED) is 0.609. The molecule has 0 bridgehead atoms. The number of para-hydroxylation sites is 1. The summed E-state index contributed by atoms with van der Waals surface area (Å²) in [6.45, 7) is 2.42. The number of piperazine rings is 1. The van der Waals surface area contributed by atoms with E-state index in [0.29, 0.717) is 55.7 Å². The van der Waals surface area contributed by atoms with Crippen LogP contribution in [0.15, 0.2) is 54.9 Å². The number of amides is 1. The van der Waals surface area contributed by atoms with Crippen molar-refractivity contribution in [1.29, 1.82) is 0 Å². The Morgan fingerprint density at radius 1 is 1.03 bits per heavy atom. The lowest BCUT2D eigenvalue weighted by atomic mass is 10.1. The minimum Gasteiger partial charge on any atom is -0.493 e. The number of hydrogen-bond donors (Lipinski definition) is 0. The molecule has 162 valence electrons. The zero-order chi connectivity index (χ0) is 21.8. The van der Waals surface area contributed by atoms with Crippen molar-refractivity contribution in [3.8, 4) is 17.2 Å². The van der Waals surface area contributed by atoms with Crippen LogP contribution in [0.5, 0.6) is 11.5 Å². The highest BCUT2D eigenvalue weighted by Crippen LogP contribution is 2.28. The molecular formula is C23H25FN4O3. The average Bonchev–Trinajstić information content (AvgIpc) is 3.29. The van der Waals surface area contributed by atoms with Gasteiger partial charge in [-0.2, -0.15) is 0 Å². The lowest BCUT2D eigenvalue weighted by Gasteiger charge is -2.35. The van der Waals surface area contributed by atoms with Gasteiger partial charge in [-0.15, -0.1) is 0 Å². The predicted octanol–water partition coefficient (Wildman–Crippen LogP) is 2.92. The Hall–Kier alpha value is -3.55. The van der Waals surface area contributed by atoms with Crippen molar-refractivity contribution in [3.05, 3.63) is 66.2 Å². The Morgan fingerprint density at radius 3 is 2.48 bits per heavy atom. The van der Waals surface area contributed by atoms with Gasteiger partial charge in [0.15, 0.2) is 11.5 Å². The van der Waals surface area contributed by atoms with Gasteiger partial charge in [-0.05, 0) is 29.8 Å². The number of nitrogens with zero attached hydrogens (tertiary/aromatic N) is 4. The van der Waals surface area contributed by atoms with Crippen LogP contribution in [0.25, 0.3) is 5.69 Å². The van der Waals surface area contributed by atoms with Gasteiger partial charge in [0, 0.05) is 38.6 Å². The second kappa shape index (κ2) is 9.07. The van der Waals surface area contributed by atoms with E-state index in [1.165, 1.54) is 6.07 Å². The smallest absolute Gasteiger partial charge is 0.227 e. The molecule has 1 amide bonds. The number of benzene rings is 2. The van der Waals surface area contributed by atoms with Crippen molar-refractivity contribution in [3.63, 3.8) is 0 Å². The normalized spacial score (nSPS) is 13.9. The maximum Gasteiger partial charge on any atom is 0.227 e. The molecule has 0 radical (unpaired) electrons. The van der Waals surface area contributed by atoms with Gasteiger partial charge in [0.1, 0.15) is 5.82 Å². The van der Waals surface area contributed by atoms with Crippen molar-refractivity contribution >= 4 is 11.9 Å². The first-order valence-electron chi connectivity index (χ1n) is 10.1. The van der Waals surface area contributed by atoms with Gasteiger partial charge in [-0.25, -0.2) is 9.37 Å². The molecule has 1 fully saturated rings. The lowest BCUT2D eigenvalue weighted by Crippen LogP contribution is -2.49. The molecule has 0 saturated carbocycles. The minimum absolute atomic E-state index is 0.0596. The summed E-state index contributed by atoms with van der Waals surface area (Å²) in [5.41, 5.74) is 1.34. The van der Waals surface area contributed by atoms with Gasteiger partial charge in [0.25, 0.3) is 0 Å². The molecule has 0 atom stereocenters. The molecule has 1 saturated heterocycles. The van der Waals surface area contributed by atoms with E-state index >= 15 is 0 Å². The van der Waals surface area contributed by atoms with Crippen molar-refractivity contribution in [2.75, 3.05) is 45.3 Å².